The third kappa shape index (κ3) is 3.09. The summed E-state index contributed by atoms with van der Waals surface area (Å²) in [6.07, 6.45) is 6.28. The highest BCUT2D eigenvalue weighted by Gasteiger charge is 2.35. The Morgan fingerprint density at radius 1 is 1.57 bits per heavy atom. The Hall–Kier alpha value is 0.170. The molecule has 1 aliphatic heterocycles. The molecule has 80 valence electrons. The molecule has 0 aromatic rings. The van der Waals surface area contributed by atoms with Crippen LogP contribution in [0.25, 0.3) is 0 Å². The van der Waals surface area contributed by atoms with E-state index in [1.54, 1.807) is 0 Å². The van der Waals surface area contributed by atoms with Gasteiger partial charge < -0.3 is 5.32 Å². The van der Waals surface area contributed by atoms with E-state index in [-0.39, 0.29) is 0 Å². The van der Waals surface area contributed by atoms with Crippen molar-refractivity contribution < 1.29 is 0 Å². The summed E-state index contributed by atoms with van der Waals surface area (Å²) in [4.78, 5) is 4.54. The Kier molecular flexibility index (Phi) is 4.05. The second-order valence-corrected chi connectivity index (χ2v) is 6.13. The molecule has 0 amide bonds. The van der Waals surface area contributed by atoms with E-state index in [4.69, 9.17) is 0 Å². The van der Waals surface area contributed by atoms with Crippen molar-refractivity contribution in [2.24, 2.45) is 10.9 Å². The number of nitrogens with zero attached hydrogens (tertiary/aromatic N) is 1. The van der Waals surface area contributed by atoms with Crippen LogP contribution in [-0.2, 0) is 0 Å². The van der Waals surface area contributed by atoms with E-state index in [0.717, 1.165) is 24.3 Å². The summed E-state index contributed by atoms with van der Waals surface area (Å²) in [5, 5.41) is 5.43. The molecule has 0 aromatic heterocycles. The maximum atomic E-state index is 4.54. The van der Waals surface area contributed by atoms with Crippen LogP contribution in [0.4, 0.5) is 0 Å². The first-order valence-electron chi connectivity index (χ1n) is 5.34. The van der Waals surface area contributed by atoms with Crippen molar-refractivity contribution in [2.75, 3.05) is 25.1 Å². The minimum Gasteiger partial charge on any atom is -0.365 e. The molecular formula is C10H18N2S2. The summed E-state index contributed by atoms with van der Waals surface area (Å²) in [5.74, 6) is 2.23. The third-order valence-electron chi connectivity index (χ3n) is 2.63. The number of thioether (sulfide) groups is 2. The molecule has 0 saturated heterocycles. The highest BCUT2D eigenvalue weighted by molar-refractivity contribution is 8.14. The molecule has 1 heterocycles. The summed E-state index contributed by atoms with van der Waals surface area (Å²) in [6.45, 7) is 2.14. The molecule has 1 unspecified atom stereocenters. The lowest BCUT2D eigenvalue weighted by Gasteiger charge is -2.06. The molecule has 2 aliphatic rings. The van der Waals surface area contributed by atoms with Crippen LogP contribution in [0.1, 0.15) is 19.3 Å². The molecule has 0 aromatic carbocycles. The van der Waals surface area contributed by atoms with Gasteiger partial charge in [0.15, 0.2) is 5.17 Å². The van der Waals surface area contributed by atoms with Gasteiger partial charge in [-0.3, -0.25) is 4.99 Å². The molecule has 1 aliphatic carbocycles. The average molecular weight is 230 g/mol. The van der Waals surface area contributed by atoms with Gasteiger partial charge in [0, 0.05) is 11.8 Å². The van der Waals surface area contributed by atoms with Crippen LogP contribution in [-0.4, -0.2) is 35.5 Å². The summed E-state index contributed by atoms with van der Waals surface area (Å²) >= 11 is 3.88. The highest BCUT2D eigenvalue weighted by Crippen LogP contribution is 2.41. The fourth-order valence-electron chi connectivity index (χ4n) is 1.61. The summed E-state index contributed by atoms with van der Waals surface area (Å²) in [6, 6.07) is 0. The quantitative estimate of drug-likeness (QED) is 0.733. The van der Waals surface area contributed by atoms with Gasteiger partial charge in [-0.1, -0.05) is 11.8 Å². The van der Waals surface area contributed by atoms with Crippen LogP contribution >= 0.6 is 23.5 Å². The standard InChI is InChI=1S/C10H18N2S2/c1-13-6-2-5-11-10-12-7-9(14-10)8-3-4-8/h8-9H,2-7H2,1H3,(H,11,12). The molecule has 0 bridgehead atoms. The molecule has 0 radical (unpaired) electrons. The lowest BCUT2D eigenvalue weighted by molar-refractivity contribution is 0.771. The Balaban J connectivity index is 1.58. The summed E-state index contributed by atoms with van der Waals surface area (Å²) < 4.78 is 0. The molecule has 1 N–H and O–H groups in total. The maximum Gasteiger partial charge on any atom is 0.156 e. The molecule has 1 fully saturated rings. The zero-order valence-corrected chi connectivity index (χ0v) is 10.3. The van der Waals surface area contributed by atoms with Crippen LogP contribution in [0, 0.1) is 5.92 Å². The SMILES string of the molecule is CSCCCNC1=NCC(C2CC2)S1. The van der Waals surface area contributed by atoms with Gasteiger partial charge in [-0.15, -0.1) is 0 Å². The second-order valence-electron chi connectivity index (χ2n) is 3.91. The Morgan fingerprint density at radius 2 is 2.43 bits per heavy atom. The van der Waals surface area contributed by atoms with Gasteiger partial charge in [0.1, 0.15) is 0 Å². The van der Waals surface area contributed by atoms with Crippen LogP contribution in [0.5, 0.6) is 0 Å². The van der Waals surface area contributed by atoms with E-state index in [2.05, 4.69) is 16.6 Å². The molecule has 1 saturated carbocycles. The number of amidine groups is 1. The molecular weight excluding hydrogens is 212 g/mol. The van der Waals surface area contributed by atoms with Crippen LogP contribution in [0.2, 0.25) is 0 Å². The van der Waals surface area contributed by atoms with E-state index >= 15 is 0 Å². The molecule has 2 rings (SSSR count). The van der Waals surface area contributed by atoms with Gasteiger partial charge in [-0.05, 0) is 37.2 Å². The van der Waals surface area contributed by atoms with Crippen molar-refractivity contribution in [1.29, 1.82) is 0 Å². The first-order chi connectivity index (χ1) is 6.90. The average Bonchev–Trinajstić information content (AvgIpc) is 2.94. The van der Waals surface area contributed by atoms with Gasteiger partial charge in [0.25, 0.3) is 0 Å². The Bertz CT molecular complexity index is 214. The van der Waals surface area contributed by atoms with Gasteiger partial charge in [-0.2, -0.15) is 11.8 Å². The van der Waals surface area contributed by atoms with Crippen molar-refractivity contribution >= 4 is 28.7 Å². The largest absolute Gasteiger partial charge is 0.365 e. The van der Waals surface area contributed by atoms with Crippen molar-refractivity contribution in [2.45, 2.75) is 24.5 Å². The zero-order chi connectivity index (χ0) is 9.80. The van der Waals surface area contributed by atoms with Crippen molar-refractivity contribution in [3.05, 3.63) is 0 Å². The topological polar surface area (TPSA) is 24.4 Å². The summed E-state index contributed by atoms with van der Waals surface area (Å²) in [7, 11) is 0. The van der Waals surface area contributed by atoms with E-state index in [9.17, 15) is 0 Å². The predicted octanol–water partition coefficient (Wildman–Crippen LogP) is 2.21. The summed E-state index contributed by atoms with van der Waals surface area (Å²) in [5.41, 5.74) is 0. The number of nitrogens with one attached hydrogen (secondary N) is 1. The number of aliphatic imine (C=N–C) groups is 1. The lowest BCUT2D eigenvalue weighted by Crippen LogP contribution is -2.21. The maximum absolute atomic E-state index is 4.54. The molecule has 0 spiro atoms. The number of hydrogen-bond acceptors (Lipinski definition) is 4. The molecule has 4 heteroatoms. The van der Waals surface area contributed by atoms with Crippen LogP contribution in [0.3, 0.4) is 0 Å². The third-order valence-corrected chi connectivity index (χ3v) is 4.66. The first kappa shape index (κ1) is 10.7. The number of hydrogen-bond donors (Lipinski definition) is 1. The fraction of sp³-hybridized carbons (Fsp3) is 0.900. The van der Waals surface area contributed by atoms with Gasteiger partial charge in [0.05, 0.1) is 6.54 Å². The number of rotatable bonds is 5. The van der Waals surface area contributed by atoms with Crippen molar-refractivity contribution in [1.82, 2.24) is 5.32 Å². The van der Waals surface area contributed by atoms with E-state index < -0.39 is 0 Å². The predicted molar refractivity (Wildman–Crippen MR) is 67.4 cm³/mol. The van der Waals surface area contributed by atoms with Gasteiger partial charge >= 0.3 is 0 Å². The molecule has 1 atom stereocenters. The Morgan fingerprint density at radius 3 is 3.14 bits per heavy atom. The second kappa shape index (κ2) is 5.31. The normalized spacial score (nSPS) is 26.4. The molecule has 14 heavy (non-hydrogen) atoms. The van der Waals surface area contributed by atoms with E-state index in [0.29, 0.717) is 0 Å². The van der Waals surface area contributed by atoms with E-state index in [1.807, 2.05) is 23.5 Å². The van der Waals surface area contributed by atoms with Crippen molar-refractivity contribution in [3.63, 3.8) is 0 Å². The Labute approximate surface area is 94.7 Å². The highest BCUT2D eigenvalue weighted by atomic mass is 32.2. The molecule has 2 nitrogen and oxygen atoms in total. The lowest BCUT2D eigenvalue weighted by atomic mass is 10.3. The zero-order valence-electron chi connectivity index (χ0n) is 8.66. The minimum atomic E-state index is 0.804. The van der Waals surface area contributed by atoms with Crippen LogP contribution < -0.4 is 5.32 Å². The van der Waals surface area contributed by atoms with Gasteiger partial charge in [0.2, 0.25) is 0 Å². The van der Waals surface area contributed by atoms with Gasteiger partial charge in [-0.25, -0.2) is 0 Å². The fourth-order valence-corrected chi connectivity index (χ4v) is 3.28. The minimum absolute atomic E-state index is 0.804. The van der Waals surface area contributed by atoms with E-state index in [1.165, 1.54) is 30.2 Å². The first-order valence-corrected chi connectivity index (χ1v) is 7.61. The van der Waals surface area contributed by atoms with Crippen LogP contribution in [0.15, 0.2) is 4.99 Å². The smallest absolute Gasteiger partial charge is 0.156 e. The van der Waals surface area contributed by atoms with Crippen molar-refractivity contribution in [3.8, 4) is 0 Å². The monoisotopic (exact) mass is 230 g/mol.